The lowest BCUT2D eigenvalue weighted by atomic mass is 9.92. The van der Waals surface area contributed by atoms with E-state index in [1.54, 1.807) is 41.5 Å². The average molecular weight is 500 g/mol. The fourth-order valence-corrected chi connectivity index (χ4v) is 3.98. The second kappa shape index (κ2) is 9.40. The lowest BCUT2D eigenvalue weighted by Gasteiger charge is -2.28. The second-order valence-electron chi connectivity index (χ2n) is 10.8. The fraction of sp³-hybridized carbons (Fsp3) is 0.500. The van der Waals surface area contributed by atoms with Crippen molar-refractivity contribution < 1.29 is 28.6 Å². The molecule has 1 aliphatic rings. The summed E-state index contributed by atoms with van der Waals surface area (Å²) in [6.45, 7) is 9.89. The number of methoxy groups -OCH3 is 1. The van der Waals surface area contributed by atoms with Crippen molar-refractivity contribution in [2.24, 2.45) is 7.05 Å². The zero-order chi connectivity index (χ0) is 27.1. The molecule has 0 N–H and O–H groups in total. The molecule has 0 radical (unpaired) electrons. The van der Waals surface area contributed by atoms with Crippen LogP contribution >= 0.6 is 0 Å². The zero-order valence-electron chi connectivity index (χ0n) is 21.9. The molecule has 1 fully saturated rings. The molecule has 0 bridgehead atoms. The number of rotatable bonds is 4. The Bertz CT molecular complexity index is 1200. The number of amides is 2. The van der Waals surface area contributed by atoms with Crippen LogP contribution in [-0.4, -0.2) is 46.0 Å². The van der Waals surface area contributed by atoms with Gasteiger partial charge in [0.25, 0.3) is 5.56 Å². The molecule has 0 unspecified atom stereocenters. The van der Waals surface area contributed by atoms with Crippen molar-refractivity contribution in [3.05, 3.63) is 58.0 Å². The standard InChI is InChI=1S/C26H33N3O7/c1-24(2,3)35-22(32)29(23(33)36-25(4,5)6)21-27-18(14-19(30)28(21)7)17-15-26(17,20(31)34-8)16-12-10-9-11-13-16/h9-14,17H,15H2,1-8H3/t17-,26+/m1/s1. The number of nitrogens with zero attached hydrogens (tertiary/aromatic N) is 3. The molecule has 10 heteroatoms. The maximum atomic E-state index is 13.1. The van der Waals surface area contributed by atoms with E-state index in [0.29, 0.717) is 11.3 Å². The van der Waals surface area contributed by atoms with Gasteiger partial charge in [0.05, 0.1) is 12.8 Å². The summed E-state index contributed by atoms with van der Waals surface area (Å²) in [4.78, 5) is 57.2. The first-order chi connectivity index (χ1) is 16.6. The molecule has 194 valence electrons. The van der Waals surface area contributed by atoms with Crippen LogP contribution in [0.4, 0.5) is 15.5 Å². The van der Waals surface area contributed by atoms with Crippen molar-refractivity contribution in [2.75, 3.05) is 12.0 Å². The Kier molecular flexibility index (Phi) is 7.03. The molecule has 0 aliphatic heterocycles. The summed E-state index contributed by atoms with van der Waals surface area (Å²) in [5.74, 6) is -1.24. The third-order valence-corrected chi connectivity index (χ3v) is 5.64. The van der Waals surface area contributed by atoms with E-state index in [2.05, 4.69) is 4.98 Å². The van der Waals surface area contributed by atoms with Crippen molar-refractivity contribution in [3.8, 4) is 0 Å². The molecule has 0 spiro atoms. The predicted molar refractivity (Wildman–Crippen MR) is 132 cm³/mol. The van der Waals surface area contributed by atoms with Gasteiger partial charge in [-0.2, -0.15) is 0 Å². The van der Waals surface area contributed by atoms with Crippen molar-refractivity contribution in [1.29, 1.82) is 0 Å². The van der Waals surface area contributed by atoms with E-state index in [4.69, 9.17) is 14.2 Å². The van der Waals surface area contributed by atoms with Crippen LogP contribution in [0.3, 0.4) is 0 Å². The highest BCUT2D eigenvalue weighted by atomic mass is 16.6. The van der Waals surface area contributed by atoms with E-state index in [0.717, 1.165) is 10.1 Å². The molecule has 2 amide bonds. The second-order valence-corrected chi connectivity index (χ2v) is 10.8. The first kappa shape index (κ1) is 26.9. The molecular weight excluding hydrogens is 466 g/mol. The lowest BCUT2D eigenvalue weighted by molar-refractivity contribution is -0.143. The van der Waals surface area contributed by atoms with Gasteiger partial charge >= 0.3 is 18.2 Å². The molecule has 2 aromatic rings. The molecule has 1 aromatic heterocycles. The first-order valence-electron chi connectivity index (χ1n) is 11.6. The van der Waals surface area contributed by atoms with Crippen LogP contribution in [0.1, 0.15) is 65.1 Å². The number of carbonyl (C=O) groups excluding carboxylic acids is 3. The van der Waals surface area contributed by atoms with E-state index in [9.17, 15) is 19.2 Å². The lowest BCUT2D eigenvalue weighted by Crippen LogP contribution is -2.46. The summed E-state index contributed by atoms with van der Waals surface area (Å²) in [5.41, 5.74) is -2.45. The summed E-state index contributed by atoms with van der Waals surface area (Å²) >= 11 is 0. The number of benzene rings is 1. The highest BCUT2D eigenvalue weighted by molar-refractivity contribution is 6.08. The first-order valence-corrected chi connectivity index (χ1v) is 11.6. The zero-order valence-corrected chi connectivity index (χ0v) is 21.9. The number of hydrogen-bond acceptors (Lipinski definition) is 8. The van der Waals surface area contributed by atoms with Gasteiger partial charge in [-0.15, -0.1) is 4.90 Å². The van der Waals surface area contributed by atoms with Gasteiger partial charge < -0.3 is 14.2 Å². The average Bonchev–Trinajstić information content (AvgIpc) is 3.51. The van der Waals surface area contributed by atoms with E-state index in [1.807, 2.05) is 30.3 Å². The number of hydrogen-bond donors (Lipinski definition) is 0. The highest BCUT2D eigenvalue weighted by Crippen LogP contribution is 2.60. The monoisotopic (exact) mass is 499 g/mol. The van der Waals surface area contributed by atoms with Gasteiger partial charge in [0.15, 0.2) is 0 Å². The van der Waals surface area contributed by atoms with Gasteiger partial charge in [-0.3, -0.25) is 14.2 Å². The summed E-state index contributed by atoms with van der Waals surface area (Å²) in [6.07, 6.45) is -1.74. The van der Waals surface area contributed by atoms with E-state index in [-0.39, 0.29) is 11.6 Å². The number of aromatic nitrogens is 2. The van der Waals surface area contributed by atoms with E-state index >= 15 is 0 Å². The van der Waals surface area contributed by atoms with Gasteiger partial charge in [0.2, 0.25) is 5.95 Å². The molecule has 36 heavy (non-hydrogen) atoms. The van der Waals surface area contributed by atoms with Crippen LogP contribution in [0.15, 0.2) is 41.2 Å². The third kappa shape index (κ3) is 5.42. The van der Waals surface area contributed by atoms with Crippen molar-refractivity contribution >= 4 is 24.1 Å². The van der Waals surface area contributed by atoms with Crippen LogP contribution in [-0.2, 0) is 31.5 Å². The largest absolute Gasteiger partial charge is 0.468 e. The van der Waals surface area contributed by atoms with Gasteiger partial charge in [0.1, 0.15) is 16.6 Å². The van der Waals surface area contributed by atoms with Crippen LogP contribution < -0.4 is 10.5 Å². The van der Waals surface area contributed by atoms with E-state index in [1.165, 1.54) is 20.2 Å². The molecule has 10 nitrogen and oxygen atoms in total. The molecule has 1 aliphatic carbocycles. The minimum atomic E-state index is -1.05. The Morgan fingerprint density at radius 3 is 2.00 bits per heavy atom. The topological polar surface area (TPSA) is 117 Å². The van der Waals surface area contributed by atoms with Crippen LogP contribution in [0.5, 0.6) is 0 Å². The van der Waals surface area contributed by atoms with Gasteiger partial charge in [-0.05, 0) is 53.5 Å². The number of carbonyl (C=O) groups is 3. The van der Waals surface area contributed by atoms with Crippen molar-refractivity contribution in [1.82, 2.24) is 9.55 Å². The molecule has 1 aromatic carbocycles. The number of anilines is 1. The van der Waals surface area contributed by atoms with Crippen LogP contribution in [0.25, 0.3) is 0 Å². The minimum absolute atomic E-state index is 0.250. The summed E-state index contributed by atoms with van der Waals surface area (Å²) in [6, 6.07) is 10.4. The van der Waals surface area contributed by atoms with Gasteiger partial charge in [-0.1, -0.05) is 30.3 Å². The summed E-state index contributed by atoms with van der Waals surface area (Å²) < 4.78 is 17.0. The smallest absolute Gasteiger partial charge is 0.427 e. The Morgan fingerprint density at radius 2 is 1.53 bits per heavy atom. The molecule has 0 saturated heterocycles. The molecule has 3 rings (SSSR count). The normalized spacial score (nSPS) is 19.3. The minimum Gasteiger partial charge on any atom is -0.468 e. The van der Waals surface area contributed by atoms with E-state index < -0.39 is 46.3 Å². The summed E-state index contributed by atoms with van der Waals surface area (Å²) in [5, 5.41) is 0. The highest BCUT2D eigenvalue weighted by Gasteiger charge is 2.63. The Balaban J connectivity index is 2.13. The molecule has 1 heterocycles. The van der Waals surface area contributed by atoms with Gasteiger partial charge in [0, 0.05) is 19.0 Å². The van der Waals surface area contributed by atoms with Crippen LogP contribution in [0.2, 0.25) is 0 Å². The predicted octanol–water partition coefficient (Wildman–Crippen LogP) is 4.06. The Morgan fingerprint density at radius 1 is 1.00 bits per heavy atom. The maximum absolute atomic E-state index is 13.1. The van der Waals surface area contributed by atoms with Crippen molar-refractivity contribution in [3.63, 3.8) is 0 Å². The number of ether oxygens (including phenoxy) is 3. The molecule has 1 saturated carbocycles. The number of imide groups is 1. The molecule has 2 atom stereocenters. The van der Waals surface area contributed by atoms with Crippen LogP contribution in [0, 0.1) is 0 Å². The summed E-state index contributed by atoms with van der Waals surface area (Å²) in [7, 11) is 2.69. The number of esters is 1. The SMILES string of the molecule is COC(=O)[C@]1(c2ccccc2)C[C@@H]1c1cc(=O)n(C)c(N(C(=O)OC(C)(C)C)C(=O)OC(C)(C)C)n1. The third-order valence-electron chi connectivity index (χ3n) is 5.64. The fourth-order valence-electron chi connectivity index (χ4n) is 3.98. The van der Waals surface area contributed by atoms with Crippen molar-refractivity contribution in [2.45, 2.75) is 70.5 Å². The molecular formula is C26H33N3O7. The maximum Gasteiger partial charge on any atom is 0.427 e. The van der Waals surface area contributed by atoms with Gasteiger partial charge in [-0.25, -0.2) is 14.6 Å². The Hall–Kier alpha value is -3.69. The quantitative estimate of drug-likeness (QED) is 0.457. The Labute approximate surface area is 210 Å².